The monoisotopic (exact) mass is 378 g/mol. The lowest BCUT2D eigenvalue weighted by Gasteiger charge is -2.13. The van der Waals surface area contributed by atoms with E-state index in [1.165, 1.54) is 0 Å². The number of carboxylic acids is 1. The van der Waals surface area contributed by atoms with Crippen LogP contribution in [-0.4, -0.2) is 20.6 Å². The van der Waals surface area contributed by atoms with Crippen molar-refractivity contribution in [2.45, 2.75) is 6.54 Å². The molecule has 0 amide bonds. The number of carbonyl (C=O) groups is 1. The number of aromatic nitrogens is 2. The Bertz CT molecular complexity index is 1310. The van der Waals surface area contributed by atoms with Crippen molar-refractivity contribution in [2.24, 2.45) is 0 Å². The molecule has 0 fully saturated rings. The third-order valence-electron chi connectivity index (χ3n) is 5.30. The van der Waals surface area contributed by atoms with E-state index in [0.717, 1.165) is 38.9 Å². The summed E-state index contributed by atoms with van der Waals surface area (Å²) in [6.07, 6.45) is 8.14. The predicted molar refractivity (Wildman–Crippen MR) is 116 cm³/mol. The van der Waals surface area contributed by atoms with Gasteiger partial charge < -0.3 is 9.67 Å². The average molecular weight is 378 g/mol. The number of nitrogens with zero attached hydrogens (tertiary/aromatic N) is 2. The maximum atomic E-state index is 11.6. The van der Waals surface area contributed by atoms with Crippen LogP contribution in [0.1, 0.15) is 32.6 Å². The van der Waals surface area contributed by atoms with Gasteiger partial charge in [0.2, 0.25) is 0 Å². The summed E-state index contributed by atoms with van der Waals surface area (Å²) in [5.74, 6) is -0.922. The highest BCUT2D eigenvalue weighted by Crippen LogP contribution is 2.34. The highest BCUT2D eigenvalue weighted by Gasteiger charge is 2.17. The van der Waals surface area contributed by atoms with Gasteiger partial charge in [0, 0.05) is 6.54 Å². The maximum absolute atomic E-state index is 11.6. The van der Waals surface area contributed by atoms with E-state index < -0.39 is 5.97 Å². The zero-order valence-corrected chi connectivity index (χ0v) is 15.6. The van der Waals surface area contributed by atoms with Gasteiger partial charge in [-0.2, -0.15) is 0 Å². The molecule has 0 aliphatic heterocycles. The van der Waals surface area contributed by atoms with E-state index in [4.69, 9.17) is 0 Å². The molecule has 1 aliphatic rings. The van der Waals surface area contributed by atoms with Gasteiger partial charge in [-0.05, 0) is 52.1 Å². The Hall–Kier alpha value is -3.92. The van der Waals surface area contributed by atoms with Crippen LogP contribution in [0.3, 0.4) is 0 Å². The minimum atomic E-state index is -0.922. The first kappa shape index (κ1) is 17.2. The van der Waals surface area contributed by atoms with Crippen LogP contribution in [-0.2, 0) is 6.54 Å². The molecule has 0 atom stereocenters. The minimum Gasteiger partial charge on any atom is -0.478 e. The van der Waals surface area contributed by atoms with Crippen molar-refractivity contribution in [3.05, 3.63) is 107 Å². The van der Waals surface area contributed by atoms with Gasteiger partial charge in [-0.25, -0.2) is 9.78 Å². The van der Waals surface area contributed by atoms with Crippen LogP contribution < -0.4 is 0 Å². The normalized spacial score (nSPS) is 13.9. The molecule has 1 aromatic heterocycles. The molecule has 0 spiro atoms. The fraction of sp³-hybridized carbons (Fsp3) is 0.0400. The predicted octanol–water partition coefficient (Wildman–Crippen LogP) is 5.35. The van der Waals surface area contributed by atoms with Gasteiger partial charge >= 0.3 is 5.97 Å². The molecule has 29 heavy (non-hydrogen) atoms. The second-order valence-electron chi connectivity index (χ2n) is 7.03. The highest BCUT2D eigenvalue weighted by molar-refractivity contribution is 5.97. The Morgan fingerprint density at radius 2 is 1.69 bits per heavy atom. The van der Waals surface area contributed by atoms with Gasteiger partial charge in [-0.1, -0.05) is 60.7 Å². The van der Waals surface area contributed by atoms with E-state index in [-0.39, 0.29) is 5.56 Å². The Labute approximate surface area is 168 Å². The number of para-hydroxylation sites is 2. The molecule has 1 heterocycles. The molecule has 5 rings (SSSR count). The van der Waals surface area contributed by atoms with Crippen LogP contribution in [0.2, 0.25) is 0 Å². The van der Waals surface area contributed by atoms with Crippen LogP contribution in [0.4, 0.5) is 0 Å². The summed E-state index contributed by atoms with van der Waals surface area (Å²) in [4.78, 5) is 16.0. The van der Waals surface area contributed by atoms with Crippen LogP contribution >= 0.6 is 0 Å². The molecule has 4 nitrogen and oxygen atoms in total. The first-order valence-corrected chi connectivity index (χ1v) is 9.46. The number of fused-ring (bicyclic) bond motifs is 3. The Kier molecular flexibility index (Phi) is 4.10. The fourth-order valence-electron chi connectivity index (χ4n) is 3.85. The standard InChI is InChI=1S/C25H18N2O2/c28-25(29)19-12-11-18-10-9-17-5-1-2-6-20(17)21(22(18)15-19)13-14-27-16-26-23-7-3-4-8-24(23)27/h1-13,15-16H,14H2,(H,28,29). The molecule has 140 valence electrons. The number of allylic oxidation sites excluding steroid dienone is 1. The quantitative estimate of drug-likeness (QED) is 0.460. The topological polar surface area (TPSA) is 55.1 Å². The second-order valence-corrected chi connectivity index (χ2v) is 7.03. The number of imidazole rings is 1. The minimum absolute atomic E-state index is 0.288. The molecule has 0 saturated heterocycles. The zero-order valence-electron chi connectivity index (χ0n) is 15.6. The summed E-state index contributed by atoms with van der Waals surface area (Å²) in [5, 5.41) is 9.49. The number of hydrogen-bond donors (Lipinski definition) is 1. The molecule has 4 heteroatoms. The Balaban J connectivity index is 1.68. The molecule has 3 aromatic carbocycles. The number of benzene rings is 3. The summed E-state index contributed by atoms with van der Waals surface area (Å²) < 4.78 is 2.10. The maximum Gasteiger partial charge on any atom is 0.335 e. The summed E-state index contributed by atoms with van der Waals surface area (Å²) in [7, 11) is 0. The third kappa shape index (κ3) is 3.05. The number of rotatable bonds is 3. The Morgan fingerprint density at radius 1 is 0.931 bits per heavy atom. The molecule has 1 N–H and O–H groups in total. The summed E-state index contributed by atoms with van der Waals surface area (Å²) in [6.45, 7) is 0.640. The van der Waals surface area contributed by atoms with Gasteiger partial charge in [0.25, 0.3) is 0 Å². The Morgan fingerprint density at radius 3 is 2.55 bits per heavy atom. The SMILES string of the molecule is O=C(O)c1ccc2c(c1)C(=CCn1cnc3ccccc31)c1ccccc1C=C2. The van der Waals surface area contributed by atoms with Crippen molar-refractivity contribution in [1.82, 2.24) is 9.55 Å². The van der Waals surface area contributed by atoms with Crippen LogP contribution in [0.25, 0.3) is 28.8 Å². The molecule has 0 bridgehead atoms. The number of carboxylic acid groups (broad SMARTS) is 1. The summed E-state index contributed by atoms with van der Waals surface area (Å²) in [5.41, 5.74) is 7.49. The van der Waals surface area contributed by atoms with Crippen molar-refractivity contribution in [2.75, 3.05) is 0 Å². The average Bonchev–Trinajstić information content (AvgIpc) is 3.09. The lowest BCUT2D eigenvalue weighted by molar-refractivity contribution is 0.0697. The van der Waals surface area contributed by atoms with Gasteiger partial charge in [0.05, 0.1) is 22.9 Å². The first-order valence-electron chi connectivity index (χ1n) is 9.46. The molecule has 0 radical (unpaired) electrons. The van der Waals surface area contributed by atoms with E-state index in [0.29, 0.717) is 6.54 Å². The highest BCUT2D eigenvalue weighted by atomic mass is 16.4. The van der Waals surface area contributed by atoms with Crippen molar-refractivity contribution in [3.8, 4) is 0 Å². The van der Waals surface area contributed by atoms with Crippen molar-refractivity contribution in [1.29, 1.82) is 0 Å². The van der Waals surface area contributed by atoms with Gasteiger partial charge in [-0.15, -0.1) is 0 Å². The summed E-state index contributed by atoms with van der Waals surface area (Å²) >= 11 is 0. The van der Waals surface area contributed by atoms with E-state index in [1.807, 2.05) is 48.8 Å². The molecule has 1 aliphatic carbocycles. The van der Waals surface area contributed by atoms with E-state index in [2.05, 4.69) is 39.9 Å². The fourth-order valence-corrected chi connectivity index (χ4v) is 3.85. The van der Waals surface area contributed by atoms with Crippen LogP contribution in [0.5, 0.6) is 0 Å². The molecular weight excluding hydrogens is 360 g/mol. The smallest absolute Gasteiger partial charge is 0.335 e. The molecule has 0 saturated carbocycles. The van der Waals surface area contributed by atoms with E-state index >= 15 is 0 Å². The lowest BCUT2D eigenvalue weighted by Crippen LogP contribution is -2.01. The van der Waals surface area contributed by atoms with Gasteiger partial charge in [0.1, 0.15) is 0 Å². The largest absolute Gasteiger partial charge is 0.478 e. The first-order chi connectivity index (χ1) is 14.2. The lowest BCUT2D eigenvalue weighted by atomic mass is 9.92. The van der Waals surface area contributed by atoms with Crippen LogP contribution in [0.15, 0.2) is 79.1 Å². The van der Waals surface area contributed by atoms with Gasteiger partial charge in [-0.3, -0.25) is 0 Å². The van der Waals surface area contributed by atoms with Crippen LogP contribution in [0, 0.1) is 0 Å². The third-order valence-corrected chi connectivity index (χ3v) is 5.30. The molecule has 4 aromatic rings. The van der Waals surface area contributed by atoms with Gasteiger partial charge in [0.15, 0.2) is 0 Å². The number of hydrogen-bond acceptors (Lipinski definition) is 2. The second kappa shape index (κ2) is 6.91. The van der Waals surface area contributed by atoms with Crippen molar-refractivity contribution >= 4 is 34.7 Å². The molecule has 0 unspecified atom stereocenters. The van der Waals surface area contributed by atoms with Crippen molar-refractivity contribution in [3.63, 3.8) is 0 Å². The van der Waals surface area contributed by atoms with E-state index in [9.17, 15) is 9.90 Å². The molecular formula is C25H18N2O2. The van der Waals surface area contributed by atoms with Crippen molar-refractivity contribution < 1.29 is 9.90 Å². The number of aromatic carboxylic acids is 1. The summed E-state index contributed by atoms with van der Waals surface area (Å²) in [6, 6.07) is 21.5. The van der Waals surface area contributed by atoms with E-state index in [1.54, 1.807) is 12.1 Å². The zero-order chi connectivity index (χ0) is 19.8.